The minimum Gasteiger partial charge on any atom is -0.481 e. The molecule has 1 aliphatic heterocycles. The van der Waals surface area contributed by atoms with Crippen molar-refractivity contribution >= 4 is 5.97 Å². The van der Waals surface area contributed by atoms with Crippen molar-refractivity contribution in [2.24, 2.45) is 5.92 Å². The van der Waals surface area contributed by atoms with Crippen molar-refractivity contribution in [2.45, 2.75) is 31.8 Å². The molecule has 0 amide bonds. The average molecular weight is 245 g/mol. The molecular formula is C12H23NO4. The van der Waals surface area contributed by atoms with Gasteiger partial charge in [0.15, 0.2) is 0 Å². The lowest BCUT2D eigenvalue weighted by atomic mass is 9.93. The molecule has 1 heterocycles. The van der Waals surface area contributed by atoms with Gasteiger partial charge in [-0.15, -0.1) is 0 Å². The van der Waals surface area contributed by atoms with Crippen LogP contribution in [0.3, 0.4) is 0 Å². The number of nitrogens with zero attached hydrogens (tertiary/aromatic N) is 1. The van der Waals surface area contributed by atoms with Gasteiger partial charge in [-0.05, 0) is 31.7 Å². The Morgan fingerprint density at radius 2 is 2.35 bits per heavy atom. The van der Waals surface area contributed by atoms with Crippen molar-refractivity contribution in [3.8, 4) is 0 Å². The molecule has 2 N–H and O–H groups in total. The second kappa shape index (κ2) is 7.63. The molecule has 2 atom stereocenters. The van der Waals surface area contributed by atoms with Crippen molar-refractivity contribution in [3.05, 3.63) is 0 Å². The molecule has 2 unspecified atom stereocenters. The summed E-state index contributed by atoms with van der Waals surface area (Å²) >= 11 is 0. The Morgan fingerprint density at radius 1 is 1.59 bits per heavy atom. The van der Waals surface area contributed by atoms with E-state index in [0.717, 1.165) is 32.4 Å². The van der Waals surface area contributed by atoms with Crippen molar-refractivity contribution < 1.29 is 19.7 Å². The predicted octanol–water partition coefficient (Wildman–Crippen LogP) is 0.570. The first-order chi connectivity index (χ1) is 8.11. The lowest BCUT2D eigenvalue weighted by Crippen LogP contribution is -2.41. The molecule has 0 radical (unpaired) electrons. The van der Waals surface area contributed by atoms with Crippen LogP contribution in [-0.2, 0) is 9.53 Å². The zero-order chi connectivity index (χ0) is 12.7. The number of hydrogen-bond acceptors (Lipinski definition) is 4. The van der Waals surface area contributed by atoms with E-state index < -0.39 is 12.1 Å². The van der Waals surface area contributed by atoms with Crippen LogP contribution in [0.5, 0.6) is 0 Å². The van der Waals surface area contributed by atoms with Crippen LogP contribution in [0.2, 0.25) is 0 Å². The van der Waals surface area contributed by atoms with Gasteiger partial charge in [-0.2, -0.15) is 0 Å². The highest BCUT2D eigenvalue weighted by molar-refractivity contribution is 5.66. The van der Waals surface area contributed by atoms with Crippen molar-refractivity contribution in [1.82, 2.24) is 4.90 Å². The molecule has 100 valence electrons. The number of aliphatic carboxylic acids is 1. The lowest BCUT2D eigenvalue weighted by molar-refractivity contribution is -0.137. The van der Waals surface area contributed by atoms with Crippen LogP contribution in [0, 0.1) is 5.92 Å². The number of aliphatic hydroxyl groups excluding tert-OH is 1. The number of β-amino-alcohol motifs (C(OH)–C–C–N with tert-alkyl or cyclic N) is 1. The Morgan fingerprint density at radius 3 is 3.00 bits per heavy atom. The third-order valence-corrected chi connectivity index (χ3v) is 3.20. The van der Waals surface area contributed by atoms with Gasteiger partial charge in [0.25, 0.3) is 0 Å². The summed E-state index contributed by atoms with van der Waals surface area (Å²) < 4.78 is 4.90. The van der Waals surface area contributed by atoms with Gasteiger partial charge >= 0.3 is 5.97 Å². The van der Waals surface area contributed by atoms with E-state index in [4.69, 9.17) is 9.84 Å². The number of methoxy groups -OCH3 is 1. The molecule has 1 rings (SSSR count). The fraction of sp³-hybridized carbons (Fsp3) is 0.917. The SMILES string of the molecule is COCC(O)CN1CCCC(CCC(=O)O)C1. The van der Waals surface area contributed by atoms with E-state index in [9.17, 15) is 9.90 Å². The Balaban J connectivity index is 2.25. The monoisotopic (exact) mass is 245 g/mol. The van der Waals surface area contributed by atoms with Gasteiger partial charge in [0.1, 0.15) is 0 Å². The fourth-order valence-corrected chi connectivity index (χ4v) is 2.42. The van der Waals surface area contributed by atoms with Crippen LogP contribution in [0.4, 0.5) is 0 Å². The normalized spacial score (nSPS) is 23.5. The summed E-state index contributed by atoms with van der Waals surface area (Å²) in [6.45, 7) is 2.87. The minimum atomic E-state index is -0.721. The Bertz CT molecular complexity index is 235. The topological polar surface area (TPSA) is 70.0 Å². The van der Waals surface area contributed by atoms with E-state index in [2.05, 4.69) is 4.90 Å². The molecule has 0 bridgehead atoms. The van der Waals surface area contributed by atoms with Gasteiger partial charge in [-0.25, -0.2) is 0 Å². The average Bonchev–Trinajstić information content (AvgIpc) is 2.27. The third kappa shape index (κ3) is 6.00. The number of likely N-dealkylation sites (tertiary alicyclic amines) is 1. The van der Waals surface area contributed by atoms with Crippen molar-refractivity contribution in [1.29, 1.82) is 0 Å². The van der Waals surface area contributed by atoms with E-state index in [1.165, 1.54) is 0 Å². The summed E-state index contributed by atoms with van der Waals surface area (Å²) in [6, 6.07) is 0. The Labute approximate surface area is 102 Å². The van der Waals surface area contributed by atoms with Crippen LogP contribution >= 0.6 is 0 Å². The molecule has 1 fully saturated rings. The smallest absolute Gasteiger partial charge is 0.303 e. The number of aliphatic hydroxyl groups is 1. The standard InChI is InChI=1S/C12H23NO4/c1-17-9-11(14)8-13-6-2-3-10(7-13)4-5-12(15)16/h10-11,14H,2-9H2,1H3,(H,15,16). The van der Waals surface area contributed by atoms with E-state index in [-0.39, 0.29) is 6.42 Å². The summed E-state index contributed by atoms with van der Waals surface area (Å²) in [5.41, 5.74) is 0. The predicted molar refractivity (Wildman–Crippen MR) is 63.9 cm³/mol. The number of piperidine rings is 1. The number of carboxylic acids is 1. The Kier molecular flexibility index (Phi) is 6.47. The quantitative estimate of drug-likeness (QED) is 0.686. The first-order valence-corrected chi connectivity index (χ1v) is 6.23. The Hall–Kier alpha value is -0.650. The highest BCUT2D eigenvalue weighted by atomic mass is 16.5. The molecule has 0 spiro atoms. The second-order valence-electron chi connectivity index (χ2n) is 4.81. The molecule has 17 heavy (non-hydrogen) atoms. The van der Waals surface area contributed by atoms with Gasteiger partial charge in [0.2, 0.25) is 0 Å². The molecule has 0 saturated carbocycles. The maximum atomic E-state index is 10.5. The molecule has 0 aromatic carbocycles. The number of hydrogen-bond donors (Lipinski definition) is 2. The highest BCUT2D eigenvalue weighted by Gasteiger charge is 2.22. The lowest BCUT2D eigenvalue weighted by Gasteiger charge is -2.33. The fourth-order valence-electron chi connectivity index (χ4n) is 2.42. The summed E-state index contributed by atoms with van der Waals surface area (Å²) in [4.78, 5) is 12.7. The number of carboxylic acid groups (broad SMARTS) is 1. The molecule has 0 aromatic rings. The zero-order valence-electron chi connectivity index (χ0n) is 10.5. The first kappa shape index (κ1) is 14.4. The van der Waals surface area contributed by atoms with Crippen LogP contribution in [0.1, 0.15) is 25.7 Å². The number of ether oxygens (including phenoxy) is 1. The van der Waals surface area contributed by atoms with E-state index >= 15 is 0 Å². The molecule has 1 aliphatic rings. The van der Waals surface area contributed by atoms with Gasteiger partial charge in [0.05, 0.1) is 12.7 Å². The van der Waals surface area contributed by atoms with Crippen LogP contribution in [0.15, 0.2) is 0 Å². The van der Waals surface area contributed by atoms with Gasteiger partial charge in [-0.3, -0.25) is 4.79 Å². The summed E-state index contributed by atoms with van der Waals surface area (Å²) in [7, 11) is 1.58. The molecule has 0 aliphatic carbocycles. The van der Waals surface area contributed by atoms with E-state index in [1.807, 2.05) is 0 Å². The largest absolute Gasteiger partial charge is 0.481 e. The van der Waals surface area contributed by atoms with Gasteiger partial charge in [-0.1, -0.05) is 0 Å². The van der Waals surface area contributed by atoms with Crippen LogP contribution in [0.25, 0.3) is 0 Å². The molecular weight excluding hydrogens is 222 g/mol. The van der Waals surface area contributed by atoms with Gasteiger partial charge in [0, 0.05) is 26.6 Å². The maximum Gasteiger partial charge on any atom is 0.303 e. The van der Waals surface area contributed by atoms with Crippen molar-refractivity contribution in [3.63, 3.8) is 0 Å². The van der Waals surface area contributed by atoms with Gasteiger partial charge < -0.3 is 19.8 Å². The highest BCUT2D eigenvalue weighted by Crippen LogP contribution is 2.21. The minimum absolute atomic E-state index is 0.249. The third-order valence-electron chi connectivity index (χ3n) is 3.20. The van der Waals surface area contributed by atoms with Crippen LogP contribution in [-0.4, -0.2) is 60.5 Å². The summed E-state index contributed by atoms with van der Waals surface area (Å²) in [5, 5.41) is 18.3. The number of rotatable bonds is 7. The number of carbonyl (C=O) groups is 1. The van der Waals surface area contributed by atoms with E-state index in [0.29, 0.717) is 19.1 Å². The first-order valence-electron chi connectivity index (χ1n) is 6.23. The molecule has 5 heteroatoms. The summed E-state index contributed by atoms with van der Waals surface area (Å²) in [5.74, 6) is -0.267. The zero-order valence-corrected chi connectivity index (χ0v) is 10.5. The van der Waals surface area contributed by atoms with Crippen molar-refractivity contribution in [2.75, 3.05) is 33.4 Å². The summed E-state index contributed by atoms with van der Waals surface area (Å²) in [6.07, 6.45) is 2.73. The second-order valence-corrected chi connectivity index (χ2v) is 4.81. The van der Waals surface area contributed by atoms with E-state index in [1.54, 1.807) is 7.11 Å². The molecule has 0 aromatic heterocycles. The maximum absolute atomic E-state index is 10.5. The van der Waals surface area contributed by atoms with Crippen LogP contribution < -0.4 is 0 Å². The molecule has 1 saturated heterocycles. The molecule has 5 nitrogen and oxygen atoms in total.